The van der Waals surface area contributed by atoms with Crippen LogP contribution in [0.15, 0.2) is 18.2 Å². The monoisotopic (exact) mass is 255 g/mol. The number of hydrogen-bond donors (Lipinski definition) is 1. The molecule has 1 heterocycles. The van der Waals surface area contributed by atoms with Crippen LogP contribution in [0.1, 0.15) is 12.8 Å². The quantitative estimate of drug-likeness (QED) is 0.901. The van der Waals surface area contributed by atoms with Crippen molar-refractivity contribution in [2.75, 3.05) is 31.7 Å². The van der Waals surface area contributed by atoms with Crippen LogP contribution in [-0.2, 0) is 0 Å². The molecule has 1 aromatic rings. The van der Waals surface area contributed by atoms with E-state index in [2.05, 4.69) is 4.90 Å². The van der Waals surface area contributed by atoms with E-state index < -0.39 is 0 Å². The van der Waals surface area contributed by atoms with Crippen LogP contribution in [0.4, 0.5) is 5.69 Å². The van der Waals surface area contributed by atoms with Gasteiger partial charge in [0.05, 0.1) is 12.1 Å². The molecule has 1 atom stereocenters. The van der Waals surface area contributed by atoms with E-state index in [9.17, 15) is 5.11 Å². The van der Waals surface area contributed by atoms with Gasteiger partial charge in [0.1, 0.15) is 5.75 Å². The predicted molar refractivity (Wildman–Crippen MR) is 70.0 cm³/mol. The second-order valence-corrected chi connectivity index (χ2v) is 4.86. The molecule has 4 heteroatoms. The lowest BCUT2D eigenvalue weighted by Gasteiger charge is -2.33. The molecule has 3 nitrogen and oxygen atoms in total. The Labute approximate surface area is 107 Å². The normalized spacial score (nSPS) is 20.4. The molecule has 0 radical (unpaired) electrons. The highest BCUT2D eigenvalue weighted by Gasteiger charge is 2.19. The predicted octanol–water partition coefficient (Wildman–Crippen LogP) is 2.56. The summed E-state index contributed by atoms with van der Waals surface area (Å²) in [4.78, 5) is 2.27. The van der Waals surface area contributed by atoms with Crippen molar-refractivity contribution in [3.05, 3.63) is 23.2 Å². The molecule has 0 spiro atoms. The summed E-state index contributed by atoms with van der Waals surface area (Å²) in [5.74, 6) is 1.08. The Balaban J connectivity index is 2.13. The van der Waals surface area contributed by atoms with Crippen LogP contribution in [0.2, 0.25) is 5.02 Å². The highest BCUT2D eigenvalue weighted by atomic mass is 35.5. The number of anilines is 1. The summed E-state index contributed by atoms with van der Waals surface area (Å²) in [6.07, 6.45) is 2.23. The average molecular weight is 256 g/mol. The van der Waals surface area contributed by atoms with Gasteiger partial charge >= 0.3 is 0 Å². The van der Waals surface area contributed by atoms with E-state index in [0.29, 0.717) is 16.7 Å². The highest BCUT2D eigenvalue weighted by molar-refractivity contribution is 6.32. The largest absolute Gasteiger partial charge is 0.495 e. The van der Waals surface area contributed by atoms with E-state index in [4.69, 9.17) is 16.3 Å². The number of rotatable bonds is 3. The molecular formula is C13H18ClNO2. The summed E-state index contributed by atoms with van der Waals surface area (Å²) in [7, 11) is 1.61. The Morgan fingerprint density at radius 2 is 2.35 bits per heavy atom. The second kappa shape index (κ2) is 5.61. The molecule has 1 aromatic carbocycles. The van der Waals surface area contributed by atoms with Crippen LogP contribution in [0.25, 0.3) is 0 Å². The molecule has 17 heavy (non-hydrogen) atoms. The summed E-state index contributed by atoms with van der Waals surface area (Å²) >= 11 is 6.12. The minimum Gasteiger partial charge on any atom is -0.495 e. The molecule has 0 bridgehead atoms. The van der Waals surface area contributed by atoms with E-state index in [1.165, 1.54) is 0 Å². The Hall–Kier alpha value is -0.930. The summed E-state index contributed by atoms with van der Waals surface area (Å²) in [5, 5.41) is 9.86. The third kappa shape index (κ3) is 2.85. The van der Waals surface area contributed by atoms with Gasteiger partial charge in [0.2, 0.25) is 0 Å². The molecule has 0 aliphatic carbocycles. The first kappa shape index (κ1) is 12.5. The molecule has 1 aliphatic heterocycles. The minimum atomic E-state index is 0.264. The molecule has 0 amide bonds. The lowest BCUT2D eigenvalue weighted by atomic mass is 9.98. The number of aliphatic hydroxyl groups excluding tert-OH is 1. The minimum absolute atomic E-state index is 0.264. The zero-order chi connectivity index (χ0) is 12.3. The summed E-state index contributed by atoms with van der Waals surface area (Å²) in [6, 6.07) is 5.84. The van der Waals surface area contributed by atoms with Crippen molar-refractivity contribution in [3.8, 4) is 5.75 Å². The van der Waals surface area contributed by atoms with Crippen molar-refractivity contribution in [2.45, 2.75) is 12.8 Å². The molecular weight excluding hydrogens is 238 g/mol. The molecule has 1 saturated heterocycles. The van der Waals surface area contributed by atoms with Crippen molar-refractivity contribution in [2.24, 2.45) is 5.92 Å². The first-order chi connectivity index (χ1) is 8.24. The van der Waals surface area contributed by atoms with Crippen LogP contribution in [0.5, 0.6) is 5.75 Å². The molecule has 0 aromatic heterocycles. The number of nitrogens with zero attached hydrogens (tertiary/aromatic N) is 1. The van der Waals surface area contributed by atoms with Gasteiger partial charge in [-0.1, -0.05) is 11.6 Å². The first-order valence-corrected chi connectivity index (χ1v) is 6.31. The number of ether oxygens (including phenoxy) is 1. The van der Waals surface area contributed by atoms with Crippen LogP contribution in [0.3, 0.4) is 0 Å². The fraction of sp³-hybridized carbons (Fsp3) is 0.538. The van der Waals surface area contributed by atoms with Crippen molar-refractivity contribution in [1.29, 1.82) is 0 Å². The number of benzene rings is 1. The maximum Gasteiger partial charge on any atom is 0.137 e. The van der Waals surface area contributed by atoms with Crippen LogP contribution in [-0.4, -0.2) is 31.9 Å². The first-order valence-electron chi connectivity index (χ1n) is 5.94. The molecule has 1 fully saturated rings. The molecule has 1 unspecified atom stereocenters. The summed E-state index contributed by atoms with van der Waals surface area (Å²) < 4.78 is 5.14. The molecule has 1 aliphatic rings. The highest BCUT2D eigenvalue weighted by Crippen LogP contribution is 2.31. The third-order valence-electron chi connectivity index (χ3n) is 3.28. The number of aliphatic hydroxyl groups is 1. The van der Waals surface area contributed by atoms with E-state index in [1.54, 1.807) is 7.11 Å². The Kier molecular flexibility index (Phi) is 4.13. The van der Waals surface area contributed by atoms with Crippen molar-refractivity contribution in [1.82, 2.24) is 0 Å². The maximum atomic E-state index is 9.22. The van der Waals surface area contributed by atoms with Gasteiger partial charge in [0.25, 0.3) is 0 Å². The summed E-state index contributed by atoms with van der Waals surface area (Å²) in [6.45, 7) is 2.19. The number of methoxy groups -OCH3 is 1. The SMILES string of the molecule is COc1ccc(N2CCCC(CO)C2)cc1Cl. The van der Waals surface area contributed by atoms with Gasteiger partial charge in [-0.3, -0.25) is 0 Å². The molecule has 2 rings (SSSR count). The van der Waals surface area contributed by atoms with Gasteiger partial charge in [-0.25, -0.2) is 0 Å². The standard InChI is InChI=1S/C13H18ClNO2/c1-17-13-5-4-11(7-12(13)14)15-6-2-3-10(8-15)9-16/h4-5,7,10,16H,2-3,6,8-9H2,1H3. The second-order valence-electron chi connectivity index (χ2n) is 4.46. The van der Waals surface area contributed by atoms with Gasteiger partial charge in [-0.2, -0.15) is 0 Å². The topological polar surface area (TPSA) is 32.7 Å². The van der Waals surface area contributed by atoms with Crippen molar-refractivity contribution in [3.63, 3.8) is 0 Å². The fourth-order valence-electron chi connectivity index (χ4n) is 2.30. The van der Waals surface area contributed by atoms with Crippen LogP contribution in [0, 0.1) is 5.92 Å². The fourth-order valence-corrected chi connectivity index (χ4v) is 2.55. The lowest BCUT2D eigenvalue weighted by Crippen LogP contribution is -2.36. The van der Waals surface area contributed by atoms with E-state index >= 15 is 0 Å². The van der Waals surface area contributed by atoms with Gasteiger partial charge in [-0.05, 0) is 37.0 Å². The average Bonchev–Trinajstić information content (AvgIpc) is 2.38. The molecule has 94 valence electrons. The Bertz CT molecular complexity index is 384. The number of piperidine rings is 1. The zero-order valence-corrected chi connectivity index (χ0v) is 10.8. The van der Waals surface area contributed by atoms with E-state index in [1.807, 2.05) is 18.2 Å². The van der Waals surface area contributed by atoms with Gasteiger partial charge in [-0.15, -0.1) is 0 Å². The Morgan fingerprint density at radius 3 is 3.00 bits per heavy atom. The van der Waals surface area contributed by atoms with Crippen molar-refractivity contribution < 1.29 is 9.84 Å². The Morgan fingerprint density at radius 1 is 1.53 bits per heavy atom. The number of halogens is 1. The van der Waals surface area contributed by atoms with E-state index in [-0.39, 0.29) is 6.61 Å². The lowest BCUT2D eigenvalue weighted by molar-refractivity contribution is 0.208. The van der Waals surface area contributed by atoms with Gasteiger partial charge in [0.15, 0.2) is 0 Å². The number of hydrogen-bond acceptors (Lipinski definition) is 3. The van der Waals surface area contributed by atoms with Gasteiger partial charge < -0.3 is 14.7 Å². The molecule has 1 N–H and O–H groups in total. The summed E-state index contributed by atoms with van der Waals surface area (Å²) in [5.41, 5.74) is 1.11. The maximum absolute atomic E-state index is 9.22. The van der Waals surface area contributed by atoms with E-state index in [0.717, 1.165) is 31.6 Å². The van der Waals surface area contributed by atoms with Crippen LogP contribution < -0.4 is 9.64 Å². The third-order valence-corrected chi connectivity index (χ3v) is 3.57. The zero-order valence-electron chi connectivity index (χ0n) is 10.0. The van der Waals surface area contributed by atoms with Crippen LogP contribution >= 0.6 is 11.6 Å². The molecule has 0 saturated carbocycles. The smallest absolute Gasteiger partial charge is 0.137 e. The van der Waals surface area contributed by atoms with Crippen molar-refractivity contribution >= 4 is 17.3 Å². The van der Waals surface area contributed by atoms with Gasteiger partial charge in [0, 0.05) is 25.4 Å².